The van der Waals surface area contributed by atoms with E-state index >= 15 is 0 Å². The highest BCUT2D eigenvalue weighted by Gasteiger charge is 2.17. The molecule has 0 rings (SSSR count). The Morgan fingerprint density at radius 3 is 2.14 bits per heavy atom. The zero-order valence-electron chi connectivity index (χ0n) is 4.25. The van der Waals surface area contributed by atoms with Gasteiger partial charge in [0.25, 0.3) is 0 Å². The predicted octanol–water partition coefficient (Wildman–Crippen LogP) is 2.96. The Morgan fingerprint density at radius 1 is 1.71 bits per heavy atom. The molecule has 0 aromatic rings. The number of rotatable bonds is 2. The van der Waals surface area contributed by atoms with Gasteiger partial charge in [-0.3, -0.25) is 0 Å². The molecule has 0 unspecified atom stereocenters. The van der Waals surface area contributed by atoms with Crippen LogP contribution in [-0.2, 0) is 0 Å². The van der Waals surface area contributed by atoms with Gasteiger partial charge in [-0.25, -0.2) is 0 Å². The van der Waals surface area contributed by atoms with Crippen LogP contribution in [0.15, 0.2) is 12.3 Å². The molecule has 7 heavy (non-hydrogen) atoms. The summed E-state index contributed by atoms with van der Waals surface area (Å²) in [4.78, 5) is 0. The van der Waals surface area contributed by atoms with E-state index in [0.29, 0.717) is 0 Å². The molecule has 0 radical (unpaired) electrons. The fourth-order valence-electron chi connectivity index (χ4n) is 0.144. The highest BCUT2D eigenvalue weighted by Crippen LogP contribution is 2.24. The normalized spacial score (nSPS) is 11.3. The SMILES string of the molecule is C=C[Si](Br)(Br)CC. The molecule has 0 saturated heterocycles. The molecular weight excluding hydrogens is 236 g/mol. The van der Waals surface area contributed by atoms with Gasteiger partial charge in [0.2, 0.25) is 5.31 Å². The third-order valence-corrected chi connectivity index (χ3v) is 7.62. The van der Waals surface area contributed by atoms with E-state index in [1.807, 2.05) is 5.70 Å². The smallest absolute Gasteiger partial charge is 0.106 e. The van der Waals surface area contributed by atoms with Crippen LogP contribution >= 0.6 is 30.6 Å². The van der Waals surface area contributed by atoms with E-state index in [4.69, 9.17) is 0 Å². The van der Waals surface area contributed by atoms with Crippen molar-refractivity contribution in [3.05, 3.63) is 12.3 Å². The molecule has 0 amide bonds. The molecule has 0 saturated carbocycles. The van der Waals surface area contributed by atoms with E-state index in [1.165, 1.54) is 0 Å². The van der Waals surface area contributed by atoms with Gasteiger partial charge in [-0.2, -0.15) is 0 Å². The molecule has 3 heteroatoms. The first kappa shape index (κ1) is 7.92. The van der Waals surface area contributed by atoms with Gasteiger partial charge < -0.3 is 0 Å². The van der Waals surface area contributed by atoms with E-state index < -0.39 is 5.31 Å². The van der Waals surface area contributed by atoms with Gasteiger partial charge in [-0.15, -0.1) is 37.2 Å². The lowest BCUT2D eigenvalue weighted by atomic mass is 11.0. The van der Waals surface area contributed by atoms with E-state index in [2.05, 4.69) is 44.1 Å². The maximum Gasteiger partial charge on any atom is 0.222 e. The summed E-state index contributed by atoms with van der Waals surface area (Å²) in [6, 6.07) is 1.15. The zero-order chi connectivity index (χ0) is 5.91. The molecule has 42 valence electrons. The molecule has 0 nitrogen and oxygen atoms in total. The summed E-state index contributed by atoms with van der Waals surface area (Å²) in [5.41, 5.74) is 1.97. The Kier molecular flexibility index (Phi) is 3.44. The van der Waals surface area contributed by atoms with Crippen molar-refractivity contribution < 1.29 is 0 Å². The molecule has 0 N–H and O–H groups in total. The molecule has 0 spiro atoms. The van der Waals surface area contributed by atoms with Crippen molar-refractivity contribution in [1.82, 2.24) is 0 Å². The Labute approximate surface area is 61.2 Å². The van der Waals surface area contributed by atoms with Crippen molar-refractivity contribution in [2.75, 3.05) is 0 Å². The molecule has 0 aliphatic carbocycles. The van der Waals surface area contributed by atoms with Crippen molar-refractivity contribution in [3.63, 3.8) is 0 Å². The van der Waals surface area contributed by atoms with Crippen LogP contribution in [0.3, 0.4) is 0 Å². The van der Waals surface area contributed by atoms with Gasteiger partial charge in [0.05, 0.1) is 0 Å². The summed E-state index contributed by atoms with van der Waals surface area (Å²) in [5, 5.41) is -1.26. The minimum atomic E-state index is -1.26. The Morgan fingerprint density at radius 2 is 2.14 bits per heavy atom. The largest absolute Gasteiger partial charge is 0.222 e. The standard InChI is InChI=1S/C4H8Br2Si/c1-3-7(5,6)4-2/h3H,1,4H2,2H3. The maximum absolute atomic E-state index is 3.67. The number of halogens is 2. The fourth-order valence-corrected chi connectivity index (χ4v) is 0.433. The Hall–Kier alpha value is 0.917. The third kappa shape index (κ3) is 3.50. The first-order chi connectivity index (χ1) is 3.12. The first-order valence-electron chi connectivity index (χ1n) is 2.14. The van der Waals surface area contributed by atoms with Crippen molar-refractivity contribution in [3.8, 4) is 0 Å². The molecular formula is C4H8Br2Si. The van der Waals surface area contributed by atoms with Crippen LogP contribution in [0.1, 0.15) is 6.92 Å². The van der Waals surface area contributed by atoms with Gasteiger partial charge in [0.1, 0.15) is 0 Å². The summed E-state index contributed by atoms with van der Waals surface area (Å²) >= 11 is 7.03. The highest BCUT2D eigenvalue weighted by molar-refractivity contribution is 9.51. The van der Waals surface area contributed by atoms with Crippen molar-refractivity contribution in [2.24, 2.45) is 0 Å². The van der Waals surface area contributed by atoms with E-state index in [9.17, 15) is 0 Å². The Balaban J connectivity index is 3.58. The van der Waals surface area contributed by atoms with Crippen LogP contribution in [0.4, 0.5) is 0 Å². The monoisotopic (exact) mass is 242 g/mol. The van der Waals surface area contributed by atoms with Crippen LogP contribution in [-0.4, -0.2) is 5.31 Å². The predicted molar refractivity (Wildman–Crippen MR) is 44.3 cm³/mol. The van der Waals surface area contributed by atoms with E-state index in [-0.39, 0.29) is 0 Å². The lowest BCUT2D eigenvalue weighted by molar-refractivity contribution is 1.45. The molecule has 0 aliphatic rings. The average molecular weight is 244 g/mol. The van der Waals surface area contributed by atoms with Gasteiger partial charge >= 0.3 is 0 Å². The molecule has 0 aromatic carbocycles. The van der Waals surface area contributed by atoms with Crippen molar-refractivity contribution in [1.29, 1.82) is 0 Å². The molecule has 0 aromatic heterocycles. The van der Waals surface area contributed by atoms with Crippen LogP contribution in [0.5, 0.6) is 0 Å². The second-order valence-electron chi connectivity index (χ2n) is 1.32. The molecule has 0 aliphatic heterocycles. The third-order valence-electron chi connectivity index (χ3n) is 0.770. The highest BCUT2D eigenvalue weighted by atomic mass is 79.9. The lowest BCUT2D eigenvalue weighted by Gasteiger charge is -2.05. The fraction of sp³-hybridized carbons (Fsp3) is 0.500. The maximum atomic E-state index is 3.67. The summed E-state index contributed by atoms with van der Waals surface area (Å²) in [5.74, 6) is 0. The second-order valence-corrected chi connectivity index (χ2v) is 15.6. The summed E-state index contributed by atoms with van der Waals surface area (Å²) in [7, 11) is 0. The minimum Gasteiger partial charge on any atom is -0.106 e. The minimum absolute atomic E-state index is 1.15. The molecule has 0 atom stereocenters. The van der Waals surface area contributed by atoms with Crippen molar-refractivity contribution in [2.45, 2.75) is 13.0 Å². The van der Waals surface area contributed by atoms with Crippen molar-refractivity contribution >= 4 is 35.9 Å². The van der Waals surface area contributed by atoms with E-state index in [1.54, 1.807) is 0 Å². The van der Waals surface area contributed by atoms with Gasteiger partial charge in [0, 0.05) is 0 Å². The first-order valence-corrected chi connectivity index (χ1v) is 8.93. The zero-order valence-corrected chi connectivity index (χ0v) is 8.42. The Bertz CT molecular complexity index is 70.1. The number of hydrogen-bond acceptors (Lipinski definition) is 0. The van der Waals surface area contributed by atoms with Crippen LogP contribution in [0.25, 0.3) is 0 Å². The molecule has 0 bridgehead atoms. The number of hydrogen-bond donors (Lipinski definition) is 0. The molecule has 0 heterocycles. The quantitative estimate of drug-likeness (QED) is 0.517. The van der Waals surface area contributed by atoms with Gasteiger partial charge in [0.15, 0.2) is 0 Å². The molecule has 0 fully saturated rings. The van der Waals surface area contributed by atoms with Gasteiger partial charge in [-0.05, 0) is 6.04 Å². The van der Waals surface area contributed by atoms with Crippen LogP contribution in [0, 0.1) is 0 Å². The summed E-state index contributed by atoms with van der Waals surface area (Å²) in [6.45, 7) is 5.81. The summed E-state index contributed by atoms with van der Waals surface area (Å²) in [6.07, 6.45) is 0. The second kappa shape index (κ2) is 3.05. The lowest BCUT2D eigenvalue weighted by Crippen LogP contribution is -2.09. The van der Waals surface area contributed by atoms with Gasteiger partial charge in [-0.1, -0.05) is 12.6 Å². The van der Waals surface area contributed by atoms with Crippen LogP contribution in [0.2, 0.25) is 6.04 Å². The average Bonchev–Trinajstić information content (AvgIpc) is 1.68. The van der Waals surface area contributed by atoms with E-state index in [0.717, 1.165) is 6.04 Å². The summed E-state index contributed by atoms with van der Waals surface area (Å²) < 4.78 is 0. The topological polar surface area (TPSA) is 0 Å². The van der Waals surface area contributed by atoms with Crippen LogP contribution < -0.4 is 0 Å².